The fourth-order valence-corrected chi connectivity index (χ4v) is 2.83. The molecule has 1 N–H and O–H groups in total. The van der Waals surface area contributed by atoms with E-state index in [0.717, 1.165) is 30.0 Å². The highest BCUT2D eigenvalue weighted by Crippen LogP contribution is 2.21. The molecule has 1 amide bonds. The fraction of sp³-hybridized carbons (Fsp3) is 0.421. The van der Waals surface area contributed by atoms with Gasteiger partial charge in [-0.15, -0.1) is 0 Å². The average Bonchev–Trinajstić information content (AvgIpc) is 2.80. The lowest BCUT2D eigenvalue weighted by Gasteiger charge is -2.17. The Balaban J connectivity index is 2.20. The summed E-state index contributed by atoms with van der Waals surface area (Å²) in [6, 6.07) is 8.35. The van der Waals surface area contributed by atoms with Crippen LogP contribution < -0.4 is 5.32 Å². The van der Waals surface area contributed by atoms with Gasteiger partial charge >= 0.3 is 0 Å². The lowest BCUT2D eigenvalue weighted by molar-refractivity contribution is 0.0936. The van der Waals surface area contributed by atoms with Crippen molar-refractivity contribution in [1.29, 1.82) is 0 Å². The maximum atomic E-state index is 13.5. The van der Waals surface area contributed by atoms with Crippen molar-refractivity contribution in [3.8, 4) is 5.69 Å². The Morgan fingerprint density at radius 3 is 2.62 bits per heavy atom. The summed E-state index contributed by atoms with van der Waals surface area (Å²) >= 11 is 0. The van der Waals surface area contributed by atoms with E-state index in [1.807, 2.05) is 51.6 Å². The van der Waals surface area contributed by atoms with Crippen LogP contribution in [0.2, 0.25) is 0 Å². The molecule has 1 atom stereocenters. The molecular weight excluding hydrogens is 305 g/mol. The molecule has 0 aliphatic carbocycles. The van der Waals surface area contributed by atoms with Gasteiger partial charge in [0.1, 0.15) is 5.82 Å². The highest BCUT2D eigenvalue weighted by Gasteiger charge is 2.18. The van der Waals surface area contributed by atoms with Crippen LogP contribution in [0.25, 0.3) is 5.69 Å². The van der Waals surface area contributed by atoms with Crippen molar-refractivity contribution in [3.05, 3.63) is 53.1 Å². The minimum atomic E-state index is -0.289. The first-order valence-corrected chi connectivity index (χ1v) is 8.20. The largest absolute Gasteiger partial charge is 0.349 e. The quantitative estimate of drug-likeness (QED) is 0.882. The second-order valence-electron chi connectivity index (χ2n) is 6.57. The summed E-state index contributed by atoms with van der Waals surface area (Å²) in [4.78, 5) is 14.7. The number of nitrogens with one attached hydrogen (secondary N) is 1. The zero-order valence-corrected chi connectivity index (χ0v) is 15.1. The van der Waals surface area contributed by atoms with E-state index >= 15 is 0 Å². The monoisotopic (exact) mass is 331 g/mol. The first-order valence-electron chi connectivity index (χ1n) is 8.20. The number of benzene rings is 1. The molecular formula is C19H26FN3O. The summed E-state index contributed by atoms with van der Waals surface area (Å²) in [6.07, 6.45) is 0.890. The molecule has 2 rings (SSSR count). The number of carbonyl (C=O) groups excluding carboxylic acids is 1. The summed E-state index contributed by atoms with van der Waals surface area (Å²) in [5, 5.41) is 3.04. The Morgan fingerprint density at radius 2 is 2.00 bits per heavy atom. The van der Waals surface area contributed by atoms with Gasteiger partial charge in [-0.2, -0.15) is 0 Å². The number of nitrogens with zero attached hydrogens (tertiary/aromatic N) is 2. The van der Waals surface area contributed by atoms with Gasteiger partial charge in [-0.1, -0.05) is 6.07 Å². The van der Waals surface area contributed by atoms with E-state index in [-0.39, 0.29) is 17.8 Å². The molecule has 0 fully saturated rings. The maximum absolute atomic E-state index is 13.5. The van der Waals surface area contributed by atoms with E-state index in [2.05, 4.69) is 10.2 Å². The number of aryl methyl sites for hydroxylation is 1. The highest BCUT2D eigenvalue weighted by molar-refractivity contribution is 5.96. The molecule has 0 aliphatic rings. The molecule has 130 valence electrons. The summed E-state index contributed by atoms with van der Waals surface area (Å²) in [5.74, 6) is -0.375. The molecule has 0 saturated carbocycles. The van der Waals surface area contributed by atoms with Crippen LogP contribution in [0.5, 0.6) is 0 Å². The minimum Gasteiger partial charge on any atom is -0.349 e. The van der Waals surface area contributed by atoms with Gasteiger partial charge < -0.3 is 14.8 Å². The third kappa shape index (κ3) is 4.23. The first-order chi connectivity index (χ1) is 11.3. The molecule has 1 aromatic heterocycles. The van der Waals surface area contributed by atoms with Crippen LogP contribution in [0, 0.1) is 19.7 Å². The topological polar surface area (TPSA) is 37.3 Å². The van der Waals surface area contributed by atoms with Crippen molar-refractivity contribution in [2.45, 2.75) is 33.2 Å². The Kier molecular flexibility index (Phi) is 5.78. The molecule has 0 bridgehead atoms. The maximum Gasteiger partial charge on any atom is 0.253 e. The Bertz CT molecular complexity index is 721. The fourth-order valence-electron chi connectivity index (χ4n) is 2.83. The molecule has 0 saturated heterocycles. The summed E-state index contributed by atoms with van der Waals surface area (Å²) in [5.41, 5.74) is 3.08. The molecule has 1 aromatic carbocycles. The first kappa shape index (κ1) is 18.2. The third-order valence-electron chi connectivity index (χ3n) is 4.13. The van der Waals surface area contributed by atoms with Crippen LogP contribution >= 0.6 is 0 Å². The van der Waals surface area contributed by atoms with Gasteiger partial charge in [0, 0.05) is 23.1 Å². The van der Waals surface area contributed by atoms with Crippen LogP contribution in [-0.2, 0) is 0 Å². The lowest BCUT2D eigenvalue weighted by Crippen LogP contribution is -2.35. The van der Waals surface area contributed by atoms with Gasteiger partial charge in [-0.05, 0) is 72.1 Å². The van der Waals surface area contributed by atoms with E-state index in [0.29, 0.717) is 5.56 Å². The molecule has 1 unspecified atom stereocenters. The molecule has 0 spiro atoms. The smallest absolute Gasteiger partial charge is 0.253 e. The Hall–Kier alpha value is -2.14. The van der Waals surface area contributed by atoms with E-state index in [1.54, 1.807) is 6.07 Å². The predicted molar refractivity (Wildman–Crippen MR) is 95.3 cm³/mol. The molecule has 0 aliphatic heterocycles. The van der Waals surface area contributed by atoms with Crippen molar-refractivity contribution in [1.82, 2.24) is 14.8 Å². The van der Waals surface area contributed by atoms with E-state index in [1.165, 1.54) is 12.1 Å². The van der Waals surface area contributed by atoms with Crippen LogP contribution in [0.3, 0.4) is 0 Å². The van der Waals surface area contributed by atoms with Crippen LogP contribution in [-0.4, -0.2) is 42.1 Å². The number of carbonyl (C=O) groups is 1. The SMILES string of the molecule is Cc1cc(C(=O)NC(C)CCN(C)C)c(C)n1-c1cccc(F)c1. The summed E-state index contributed by atoms with van der Waals surface area (Å²) in [7, 11) is 4.03. The average molecular weight is 331 g/mol. The summed E-state index contributed by atoms with van der Waals surface area (Å²) < 4.78 is 15.4. The number of hydrogen-bond acceptors (Lipinski definition) is 2. The molecule has 0 radical (unpaired) electrons. The number of rotatable bonds is 6. The molecule has 5 heteroatoms. The third-order valence-corrected chi connectivity index (χ3v) is 4.13. The van der Waals surface area contributed by atoms with E-state index < -0.39 is 0 Å². The van der Waals surface area contributed by atoms with Crippen molar-refractivity contribution in [3.63, 3.8) is 0 Å². The van der Waals surface area contributed by atoms with Crippen molar-refractivity contribution in [2.75, 3.05) is 20.6 Å². The number of hydrogen-bond donors (Lipinski definition) is 1. The van der Waals surface area contributed by atoms with Gasteiger partial charge in [0.15, 0.2) is 0 Å². The minimum absolute atomic E-state index is 0.0861. The van der Waals surface area contributed by atoms with Crippen LogP contribution in [0.4, 0.5) is 4.39 Å². The Labute approximate surface area is 143 Å². The van der Waals surface area contributed by atoms with Crippen molar-refractivity contribution >= 4 is 5.91 Å². The second kappa shape index (κ2) is 7.62. The van der Waals surface area contributed by atoms with Crippen LogP contribution in [0.15, 0.2) is 30.3 Å². The standard InChI is InChI=1S/C19H26FN3O/c1-13(9-10-22(4)5)21-19(24)18-11-14(2)23(15(18)3)17-8-6-7-16(20)12-17/h6-8,11-13H,9-10H2,1-5H3,(H,21,24). The van der Waals surface area contributed by atoms with Gasteiger partial charge in [0.2, 0.25) is 0 Å². The highest BCUT2D eigenvalue weighted by atomic mass is 19.1. The number of amides is 1. The van der Waals surface area contributed by atoms with Crippen molar-refractivity contribution < 1.29 is 9.18 Å². The van der Waals surface area contributed by atoms with Gasteiger partial charge in [0.05, 0.1) is 5.56 Å². The predicted octanol–water partition coefficient (Wildman–Crippen LogP) is 3.30. The zero-order valence-electron chi connectivity index (χ0n) is 15.1. The van der Waals surface area contributed by atoms with Gasteiger partial charge in [-0.3, -0.25) is 4.79 Å². The van der Waals surface area contributed by atoms with E-state index in [9.17, 15) is 9.18 Å². The summed E-state index contributed by atoms with van der Waals surface area (Å²) in [6.45, 7) is 6.73. The zero-order chi connectivity index (χ0) is 17.9. The van der Waals surface area contributed by atoms with Crippen molar-refractivity contribution in [2.24, 2.45) is 0 Å². The molecule has 2 aromatic rings. The lowest BCUT2D eigenvalue weighted by atomic mass is 10.2. The van der Waals surface area contributed by atoms with Gasteiger partial charge in [0.25, 0.3) is 5.91 Å². The second-order valence-corrected chi connectivity index (χ2v) is 6.57. The normalized spacial score (nSPS) is 12.5. The van der Waals surface area contributed by atoms with Crippen LogP contribution in [0.1, 0.15) is 35.1 Å². The molecule has 24 heavy (non-hydrogen) atoms. The molecule has 1 heterocycles. The van der Waals surface area contributed by atoms with E-state index in [4.69, 9.17) is 0 Å². The molecule has 4 nitrogen and oxygen atoms in total. The van der Waals surface area contributed by atoms with Gasteiger partial charge in [-0.25, -0.2) is 4.39 Å². The number of aromatic nitrogens is 1. The number of halogens is 1. The Morgan fingerprint density at radius 1 is 1.29 bits per heavy atom.